The summed E-state index contributed by atoms with van der Waals surface area (Å²) in [6.07, 6.45) is 4.11. The first kappa shape index (κ1) is 29.4. The number of ether oxygens (including phenoxy) is 2. The molecule has 1 N–H and O–H groups in total. The number of nitrogens with zero attached hydrogens (tertiary/aromatic N) is 9. The van der Waals surface area contributed by atoms with Gasteiger partial charge in [0.2, 0.25) is 11.8 Å². The molecule has 0 aliphatic carbocycles. The Labute approximate surface area is 253 Å². The molecule has 0 aromatic carbocycles. The van der Waals surface area contributed by atoms with Crippen LogP contribution in [0.3, 0.4) is 0 Å². The SMILES string of the molecule is Cc1nn(C)c2c1-c1cc3c(nn(PI)c3c(C)n1)/C=C/c1c(OCC#N)nn(C(C)CO)c1CN(C)CC(C)O2. The van der Waals surface area contributed by atoms with Gasteiger partial charge in [0, 0.05) is 25.5 Å². The summed E-state index contributed by atoms with van der Waals surface area (Å²) >= 11 is 2.32. The Morgan fingerprint density at radius 3 is 2.73 bits per heavy atom. The number of aliphatic hydroxyl groups excluding tert-OH is 1. The lowest BCUT2D eigenvalue weighted by molar-refractivity contribution is 0.145. The average Bonchev–Trinajstić information content (AvgIpc) is 3.55. The van der Waals surface area contributed by atoms with E-state index >= 15 is 0 Å². The molecule has 0 saturated carbocycles. The largest absolute Gasteiger partial charge is 0.473 e. The number of aliphatic hydroxyl groups is 1. The summed E-state index contributed by atoms with van der Waals surface area (Å²) in [5.74, 6) is 1.00. The minimum Gasteiger partial charge on any atom is -0.473 e. The first-order valence-electron chi connectivity index (χ1n) is 13.2. The van der Waals surface area contributed by atoms with E-state index in [9.17, 15) is 10.4 Å². The minimum absolute atomic E-state index is 0.0952. The Morgan fingerprint density at radius 1 is 1.24 bits per heavy atom. The number of rotatable bonds is 5. The number of halogens is 1. The van der Waals surface area contributed by atoms with Crippen LogP contribution in [0.2, 0.25) is 0 Å². The van der Waals surface area contributed by atoms with Crippen LogP contribution in [0.25, 0.3) is 34.3 Å². The van der Waals surface area contributed by atoms with Crippen LogP contribution in [0.4, 0.5) is 0 Å². The van der Waals surface area contributed by atoms with Gasteiger partial charge in [-0.1, -0.05) is 0 Å². The molecule has 4 aromatic heterocycles. The molecule has 216 valence electrons. The normalized spacial score (nSPS) is 17.6. The predicted molar refractivity (Wildman–Crippen MR) is 167 cm³/mol. The molecule has 1 aliphatic rings. The van der Waals surface area contributed by atoms with Gasteiger partial charge >= 0.3 is 0 Å². The van der Waals surface area contributed by atoms with Crippen molar-refractivity contribution >= 4 is 51.5 Å². The molecule has 3 atom stereocenters. The van der Waals surface area contributed by atoms with Crippen LogP contribution in [-0.2, 0) is 13.6 Å². The molecule has 0 amide bonds. The van der Waals surface area contributed by atoms with Crippen LogP contribution in [0.15, 0.2) is 6.07 Å². The van der Waals surface area contributed by atoms with E-state index in [0.717, 1.165) is 50.5 Å². The van der Waals surface area contributed by atoms with Crippen LogP contribution in [0.5, 0.6) is 11.8 Å². The van der Waals surface area contributed by atoms with E-state index in [1.54, 1.807) is 9.36 Å². The van der Waals surface area contributed by atoms with E-state index < -0.39 is 0 Å². The zero-order valence-corrected chi connectivity index (χ0v) is 27.0. The maximum atomic E-state index is 10.0. The molecule has 5 heterocycles. The van der Waals surface area contributed by atoms with E-state index in [1.807, 2.05) is 64.5 Å². The average molecular weight is 689 g/mol. The lowest BCUT2D eigenvalue weighted by Crippen LogP contribution is -2.32. The first-order chi connectivity index (χ1) is 19.7. The number of fused-ring (bicyclic) bond motifs is 4. The lowest BCUT2D eigenvalue weighted by atomic mass is 10.1. The van der Waals surface area contributed by atoms with Crippen LogP contribution in [-0.4, -0.2) is 77.0 Å². The first-order valence-corrected chi connectivity index (χ1v) is 17.3. The standard InChI is InChI=1S/C27H33IN9O3P/c1-15(14-38)36-23-13-34(5)12-16(2)40-27-24(17(3)31-35(27)6)22-11-20-21(32-37(41-28)25(20)18(4)30-22)8-7-19(23)26(33-36)39-10-9-29/h7-8,11,15-16,38,41H,10,12-14H2,1-6H3/b8-7+. The quantitative estimate of drug-likeness (QED) is 0.241. The van der Waals surface area contributed by atoms with Gasteiger partial charge in [0.05, 0.1) is 64.1 Å². The fraction of sp³-hybridized carbons (Fsp3) is 0.444. The molecule has 41 heavy (non-hydrogen) atoms. The Hall–Kier alpha value is -3.05. The van der Waals surface area contributed by atoms with Crippen molar-refractivity contribution in [3.8, 4) is 29.1 Å². The smallest absolute Gasteiger partial charge is 0.241 e. The number of aryl methyl sites for hydroxylation is 3. The second kappa shape index (κ2) is 12.1. The van der Waals surface area contributed by atoms with Gasteiger partial charge in [-0.2, -0.15) is 15.5 Å². The van der Waals surface area contributed by atoms with Gasteiger partial charge in [-0.3, -0.25) is 14.6 Å². The van der Waals surface area contributed by atoms with E-state index in [0.29, 0.717) is 31.2 Å². The van der Waals surface area contributed by atoms with E-state index in [1.165, 1.54) is 0 Å². The van der Waals surface area contributed by atoms with Gasteiger partial charge in [0.1, 0.15) is 12.2 Å². The van der Waals surface area contributed by atoms with Crippen molar-refractivity contribution in [3.05, 3.63) is 34.4 Å². The van der Waals surface area contributed by atoms with Crippen molar-refractivity contribution in [3.63, 3.8) is 0 Å². The number of hydrogen-bond acceptors (Lipinski definition) is 9. The summed E-state index contributed by atoms with van der Waals surface area (Å²) in [6, 6.07) is 3.79. The Balaban J connectivity index is 1.79. The maximum Gasteiger partial charge on any atom is 0.241 e. The third-order valence-electron chi connectivity index (χ3n) is 7.05. The van der Waals surface area contributed by atoms with Gasteiger partial charge in [-0.05, 0) is 75.0 Å². The summed E-state index contributed by atoms with van der Waals surface area (Å²) in [5.41, 5.74) is 6.68. The molecule has 2 bridgehead atoms. The van der Waals surface area contributed by atoms with Crippen molar-refractivity contribution in [1.82, 2.24) is 39.0 Å². The Morgan fingerprint density at radius 2 is 2.02 bits per heavy atom. The van der Waals surface area contributed by atoms with Gasteiger partial charge in [-0.15, -0.1) is 5.10 Å². The molecule has 14 heteroatoms. The van der Waals surface area contributed by atoms with Crippen LogP contribution >= 0.6 is 28.4 Å². The highest BCUT2D eigenvalue weighted by atomic mass is 127. The molecule has 4 aromatic rings. The van der Waals surface area contributed by atoms with Crippen molar-refractivity contribution in [2.24, 2.45) is 7.05 Å². The summed E-state index contributed by atoms with van der Waals surface area (Å²) in [6.45, 7) is 8.77. The Kier molecular flexibility index (Phi) is 8.65. The molecule has 0 spiro atoms. The van der Waals surface area contributed by atoms with Crippen molar-refractivity contribution < 1.29 is 14.6 Å². The zero-order valence-electron chi connectivity index (χ0n) is 23.9. The predicted octanol–water partition coefficient (Wildman–Crippen LogP) is 4.28. The molecule has 12 nitrogen and oxygen atoms in total. The summed E-state index contributed by atoms with van der Waals surface area (Å²) in [7, 11) is 3.90. The fourth-order valence-corrected chi connectivity index (χ4v) is 6.86. The minimum atomic E-state index is -0.294. The summed E-state index contributed by atoms with van der Waals surface area (Å²) < 4.78 is 17.8. The van der Waals surface area contributed by atoms with Crippen LogP contribution < -0.4 is 9.47 Å². The molecular weight excluding hydrogens is 656 g/mol. The molecule has 3 unspecified atom stereocenters. The van der Waals surface area contributed by atoms with Crippen molar-refractivity contribution in [2.45, 2.75) is 46.4 Å². The van der Waals surface area contributed by atoms with Gasteiger partial charge in [0.15, 0.2) is 6.61 Å². The number of pyridine rings is 1. The summed E-state index contributed by atoms with van der Waals surface area (Å²) in [5, 5.41) is 34.5. The van der Waals surface area contributed by atoms with Gasteiger partial charge < -0.3 is 14.6 Å². The Bertz CT molecular complexity index is 1670. The molecule has 1 aliphatic heterocycles. The second-order valence-electron chi connectivity index (χ2n) is 10.3. The molecule has 0 radical (unpaired) electrons. The summed E-state index contributed by atoms with van der Waals surface area (Å²) in [4.78, 5) is 7.13. The third-order valence-corrected chi connectivity index (χ3v) is 8.90. The third kappa shape index (κ3) is 5.58. The lowest BCUT2D eigenvalue weighted by Gasteiger charge is -2.24. The number of hydrogen-bond donors (Lipinski definition) is 1. The van der Waals surface area contributed by atoms with Crippen molar-refractivity contribution in [2.75, 3.05) is 26.8 Å². The number of likely N-dealkylation sites (N-methyl/N-ethyl adjacent to an activating group) is 1. The number of nitriles is 1. The molecule has 5 rings (SSSR count). The van der Waals surface area contributed by atoms with E-state index in [-0.39, 0.29) is 25.4 Å². The maximum absolute atomic E-state index is 10.0. The molecular formula is C27H33IN9O3P. The highest BCUT2D eigenvalue weighted by molar-refractivity contribution is 14.2. The number of aromatic nitrogens is 7. The van der Waals surface area contributed by atoms with Gasteiger partial charge in [-0.25, -0.2) is 9.13 Å². The molecule has 0 fully saturated rings. The second-order valence-corrected chi connectivity index (χ2v) is 12.3. The van der Waals surface area contributed by atoms with Crippen LogP contribution in [0, 0.1) is 25.2 Å². The van der Waals surface area contributed by atoms with Crippen molar-refractivity contribution in [1.29, 1.82) is 5.26 Å². The highest BCUT2D eigenvalue weighted by Gasteiger charge is 2.26. The zero-order chi connectivity index (χ0) is 29.4. The van der Waals surface area contributed by atoms with E-state index in [2.05, 4.69) is 43.2 Å². The van der Waals surface area contributed by atoms with E-state index in [4.69, 9.17) is 19.6 Å². The topological polar surface area (TPSA) is 132 Å². The van der Waals surface area contributed by atoms with Gasteiger partial charge in [0.25, 0.3) is 0 Å². The highest BCUT2D eigenvalue weighted by Crippen LogP contribution is 2.39. The fourth-order valence-electron chi connectivity index (χ4n) is 5.30. The van der Waals surface area contributed by atoms with Crippen LogP contribution in [0.1, 0.15) is 48.2 Å². The molecule has 0 saturated heterocycles. The monoisotopic (exact) mass is 689 g/mol.